The lowest BCUT2D eigenvalue weighted by atomic mass is 9.90. The number of amides is 2. The summed E-state index contributed by atoms with van der Waals surface area (Å²) < 4.78 is 0. The molecule has 0 aromatic rings. The Hall–Kier alpha value is -1.59. The van der Waals surface area contributed by atoms with Crippen LogP contribution in [0, 0.1) is 11.8 Å². The Balaban J connectivity index is 1.81. The fourth-order valence-electron chi connectivity index (χ4n) is 3.69. The Morgan fingerprint density at radius 3 is 2.35 bits per heavy atom. The number of piperidine rings is 2. The number of hydrogen-bond donors (Lipinski definition) is 1. The molecule has 0 aromatic carbocycles. The molecule has 2 saturated heterocycles. The van der Waals surface area contributed by atoms with Gasteiger partial charge in [0.2, 0.25) is 11.8 Å². The number of hydrogen-bond acceptors (Lipinski definition) is 3. The van der Waals surface area contributed by atoms with Gasteiger partial charge in [0, 0.05) is 44.9 Å². The molecule has 2 rings (SSSR count). The van der Waals surface area contributed by atoms with Gasteiger partial charge in [0.25, 0.3) is 0 Å². The van der Waals surface area contributed by atoms with Gasteiger partial charge < -0.3 is 14.9 Å². The van der Waals surface area contributed by atoms with E-state index in [1.165, 1.54) is 0 Å². The molecule has 0 spiro atoms. The Morgan fingerprint density at radius 2 is 1.74 bits per heavy atom. The van der Waals surface area contributed by atoms with Crippen LogP contribution in [0.3, 0.4) is 0 Å². The number of nitrogens with zero attached hydrogens (tertiary/aromatic N) is 2. The molecule has 0 bridgehead atoms. The molecule has 2 aliphatic heterocycles. The molecule has 6 nitrogen and oxygen atoms in total. The Labute approximate surface area is 137 Å². The van der Waals surface area contributed by atoms with Gasteiger partial charge in [-0.2, -0.15) is 0 Å². The van der Waals surface area contributed by atoms with E-state index in [1.54, 1.807) is 0 Å². The maximum Gasteiger partial charge on any atom is 0.303 e. The van der Waals surface area contributed by atoms with Gasteiger partial charge in [-0.25, -0.2) is 0 Å². The molecule has 1 unspecified atom stereocenters. The summed E-state index contributed by atoms with van der Waals surface area (Å²) in [6.07, 6.45) is 4.84. The van der Waals surface area contributed by atoms with Crippen molar-refractivity contribution in [2.75, 3.05) is 26.2 Å². The predicted molar refractivity (Wildman–Crippen MR) is 85.8 cm³/mol. The normalized spacial score (nSPS) is 22.9. The fraction of sp³-hybridized carbons (Fsp3) is 0.824. The minimum Gasteiger partial charge on any atom is -0.481 e. The van der Waals surface area contributed by atoms with E-state index < -0.39 is 5.97 Å². The largest absolute Gasteiger partial charge is 0.481 e. The van der Waals surface area contributed by atoms with Crippen LogP contribution in [-0.4, -0.2) is 58.9 Å². The van der Waals surface area contributed by atoms with Crippen LogP contribution in [0.4, 0.5) is 0 Å². The zero-order valence-electron chi connectivity index (χ0n) is 14.0. The summed E-state index contributed by atoms with van der Waals surface area (Å²) in [4.78, 5) is 38.9. The van der Waals surface area contributed by atoms with E-state index in [1.807, 2.05) is 16.7 Å². The average molecular weight is 324 g/mol. The fourth-order valence-corrected chi connectivity index (χ4v) is 3.69. The zero-order chi connectivity index (χ0) is 16.8. The lowest BCUT2D eigenvalue weighted by molar-refractivity contribution is -0.142. The van der Waals surface area contributed by atoms with E-state index in [0.717, 1.165) is 32.2 Å². The SMILES string of the molecule is CCC(=O)N1CCC(C(=O)N2CCCC(CCC(=O)O)C2)CC1. The summed E-state index contributed by atoms with van der Waals surface area (Å²) in [5.41, 5.74) is 0. The highest BCUT2D eigenvalue weighted by atomic mass is 16.4. The highest BCUT2D eigenvalue weighted by Crippen LogP contribution is 2.26. The van der Waals surface area contributed by atoms with Crippen LogP contribution < -0.4 is 0 Å². The second kappa shape index (κ2) is 8.31. The van der Waals surface area contributed by atoms with E-state index in [4.69, 9.17) is 5.11 Å². The molecule has 23 heavy (non-hydrogen) atoms. The summed E-state index contributed by atoms with van der Waals surface area (Å²) in [5, 5.41) is 8.80. The first-order chi connectivity index (χ1) is 11.0. The first kappa shape index (κ1) is 17.8. The summed E-state index contributed by atoms with van der Waals surface area (Å²) in [6.45, 7) is 4.71. The van der Waals surface area contributed by atoms with Gasteiger partial charge in [-0.3, -0.25) is 14.4 Å². The minimum absolute atomic E-state index is 0.0223. The smallest absolute Gasteiger partial charge is 0.303 e. The van der Waals surface area contributed by atoms with E-state index in [0.29, 0.717) is 38.4 Å². The molecule has 0 aliphatic carbocycles. The van der Waals surface area contributed by atoms with Gasteiger partial charge in [-0.15, -0.1) is 0 Å². The first-order valence-electron chi connectivity index (χ1n) is 8.79. The molecule has 2 heterocycles. The number of aliphatic carboxylic acids is 1. The standard InChI is InChI=1S/C17H28N2O4/c1-2-15(20)18-10-7-14(8-11-18)17(23)19-9-3-4-13(12-19)5-6-16(21)22/h13-14H,2-12H2,1H3,(H,21,22). The number of carboxylic acids is 1. The molecular formula is C17H28N2O4. The van der Waals surface area contributed by atoms with Crippen molar-refractivity contribution in [1.82, 2.24) is 9.80 Å². The lowest BCUT2D eigenvalue weighted by Crippen LogP contribution is -2.47. The topological polar surface area (TPSA) is 77.9 Å². The highest BCUT2D eigenvalue weighted by Gasteiger charge is 2.32. The molecule has 6 heteroatoms. The molecule has 1 atom stereocenters. The molecule has 0 radical (unpaired) electrons. The van der Waals surface area contributed by atoms with Crippen molar-refractivity contribution in [1.29, 1.82) is 0 Å². The molecule has 2 aliphatic rings. The second-order valence-electron chi connectivity index (χ2n) is 6.73. The van der Waals surface area contributed by atoms with Crippen molar-refractivity contribution in [2.24, 2.45) is 11.8 Å². The molecule has 0 aromatic heterocycles. The monoisotopic (exact) mass is 324 g/mol. The maximum atomic E-state index is 12.7. The quantitative estimate of drug-likeness (QED) is 0.835. The van der Waals surface area contributed by atoms with Crippen LogP contribution in [0.15, 0.2) is 0 Å². The van der Waals surface area contributed by atoms with Crippen LogP contribution in [0.1, 0.15) is 51.9 Å². The maximum absolute atomic E-state index is 12.7. The highest BCUT2D eigenvalue weighted by molar-refractivity contribution is 5.80. The number of carbonyl (C=O) groups is 3. The number of rotatable bonds is 5. The third-order valence-electron chi connectivity index (χ3n) is 5.10. The lowest BCUT2D eigenvalue weighted by Gasteiger charge is -2.37. The molecule has 130 valence electrons. The number of carbonyl (C=O) groups excluding carboxylic acids is 2. The minimum atomic E-state index is -0.763. The summed E-state index contributed by atoms with van der Waals surface area (Å²) in [6, 6.07) is 0. The van der Waals surface area contributed by atoms with E-state index in [-0.39, 0.29) is 24.2 Å². The molecule has 2 amide bonds. The van der Waals surface area contributed by atoms with Gasteiger partial charge in [0.05, 0.1) is 0 Å². The summed E-state index contributed by atoms with van der Waals surface area (Å²) in [5.74, 6) is -0.0580. The van der Waals surface area contributed by atoms with E-state index >= 15 is 0 Å². The first-order valence-corrected chi connectivity index (χ1v) is 8.79. The molecule has 2 fully saturated rings. The van der Waals surface area contributed by atoms with Crippen LogP contribution in [0.25, 0.3) is 0 Å². The van der Waals surface area contributed by atoms with Gasteiger partial charge in [0.15, 0.2) is 0 Å². The average Bonchev–Trinajstić information content (AvgIpc) is 2.59. The number of carboxylic acid groups (broad SMARTS) is 1. The van der Waals surface area contributed by atoms with Gasteiger partial charge in [0.1, 0.15) is 0 Å². The second-order valence-corrected chi connectivity index (χ2v) is 6.73. The van der Waals surface area contributed by atoms with Crippen LogP contribution in [0.2, 0.25) is 0 Å². The molecule has 0 saturated carbocycles. The van der Waals surface area contributed by atoms with Crippen molar-refractivity contribution < 1.29 is 19.5 Å². The Bertz CT molecular complexity index is 444. The van der Waals surface area contributed by atoms with E-state index in [9.17, 15) is 14.4 Å². The van der Waals surface area contributed by atoms with Crippen molar-refractivity contribution in [2.45, 2.75) is 51.9 Å². The van der Waals surface area contributed by atoms with Crippen LogP contribution >= 0.6 is 0 Å². The number of likely N-dealkylation sites (tertiary alicyclic amines) is 2. The third-order valence-corrected chi connectivity index (χ3v) is 5.10. The van der Waals surface area contributed by atoms with E-state index in [2.05, 4.69) is 0 Å². The Morgan fingerprint density at radius 1 is 1.04 bits per heavy atom. The van der Waals surface area contributed by atoms with Crippen LogP contribution in [0.5, 0.6) is 0 Å². The van der Waals surface area contributed by atoms with Crippen molar-refractivity contribution in [3.05, 3.63) is 0 Å². The zero-order valence-corrected chi connectivity index (χ0v) is 14.0. The third kappa shape index (κ3) is 4.94. The Kier molecular flexibility index (Phi) is 6.42. The van der Waals surface area contributed by atoms with Crippen LogP contribution in [-0.2, 0) is 14.4 Å². The van der Waals surface area contributed by atoms with Crippen molar-refractivity contribution in [3.8, 4) is 0 Å². The summed E-state index contributed by atoms with van der Waals surface area (Å²) in [7, 11) is 0. The van der Waals surface area contributed by atoms with Crippen molar-refractivity contribution in [3.63, 3.8) is 0 Å². The van der Waals surface area contributed by atoms with Crippen molar-refractivity contribution >= 4 is 17.8 Å². The molecular weight excluding hydrogens is 296 g/mol. The van der Waals surface area contributed by atoms with Gasteiger partial charge >= 0.3 is 5.97 Å². The van der Waals surface area contributed by atoms with Gasteiger partial charge in [-0.05, 0) is 38.0 Å². The van der Waals surface area contributed by atoms with Gasteiger partial charge in [-0.1, -0.05) is 6.92 Å². The predicted octanol–water partition coefficient (Wildman–Crippen LogP) is 1.74. The summed E-state index contributed by atoms with van der Waals surface area (Å²) >= 11 is 0. The molecule has 1 N–H and O–H groups in total.